The van der Waals surface area contributed by atoms with E-state index in [0.717, 1.165) is 5.56 Å². The topological polar surface area (TPSA) is 82.6 Å². The molecule has 1 fully saturated rings. The summed E-state index contributed by atoms with van der Waals surface area (Å²) in [5, 5.41) is 11.0. The molecule has 0 atom stereocenters. The average molecular weight is 407 g/mol. The first-order chi connectivity index (χ1) is 14.6. The van der Waals surface area contributed by atoms with Crippen LogP contribution in [0.4, 0.5) is 10.1 Å². The number of hydrazone groups is 1. The molecule has 4 rings (SSSR count). The van der Waals surface area contributed by atoms with E-state index in [1.165, 1.54) is 6.07 Å². The van der Waals surface area contributed by atoms with Crippen molar-refractivity contribution in [1.29, 1.82) is 0 Å². The Hall–Kier alpha value is -3.52. The van der Waals surface area contributed by atoms with Crippen LogP contribution in [0.5, 0.6) is 0 Å². The van der Waals surface area contributed by atoms with Crippen LogP contribution >= 0.6 is 0 Å². The van der Waals surface area contributed by atoms with Gasteiger partial charge >= 0.3 is 0 Å². The normalized spacial score (nSPS) is 14.6. The summed E-state index contributed by atoms with van der Waals surface area (Å²) in [6, 6.07) is 16.2. The molecule has 154 valence electrons. The molecule has 0 saturated carbocycles. The van der Waals surface area contributed by atoms with Gasteiger partial charge in [-0.1, -0.05) is 36.4 Å². The fraction of sp³-hybridized carbons (Fsp3) is 0.227. The number of aromatic amines is 1. The van der Waals surface area contributed by atoms with Gasteiger partial charge in [0.2, 0.25) is 0 Å². The Kier molecular flexibility index (Phi) is 5.85. The van der Waals surface area contributed by atoms with Crippen molar-refractivity contribution in [3.8, 4) is 11.3 Å². The number of anilines is 1. The summed E-state index contributed by atoms with van der Waals surface area (Å²) in [7, 11) is 0. The molecule has 1 aliphatic heterocycles. The summed E-state index contributed by atoms with van der Waals surface area (Å²) < 4.78 is 19.9. The molecule has 1 amide bonds. The fourth-order valence-corrected chi connectivity index (χ4v) is 3.25. The number of morpholine rings is 1. The van der Waals surface area contributed by atoms with E-state index in [-0.39, 0.29) is 5.82 Å². The number of aromatic nitrogens is 2. The molecule has 0 unspecified atom stereocenters. The molecule has 1 aromatic heterocycles. The first-order valence-electron chi connectivity index (χ1n) is 9.70. The van der Waals surface area contributed by atoms with E-state index in [9.17, 15) is 9.18 Å². The van der Waals surface area contributed by atoms with Crippen LogP contribution in [-0.4, -0.2) is 48.1 Å². The highest BCUT2D eigenvalue weighted by Crippen LogP contribution is 2.22. The lowest BCUT2D eigenvalue weighted by atomic mass is 10.1. The molecule has 8 heteroatoms. The number of benzene rings is 2. The Morgan fingerprint density at radius 1 is 1.17 bits per heavy atom. The van der Waals surface area contributed by atoms with Gasteiger partial charge in [0.05, 0.1) is 30.3 Å². The van der Waals surface area contributed by atoms with Crippen molar-refractivity contribution >= 4 is 17.3 Å². The molecule has 2 heterocycles. The molecule has 0 spiro atoms. The minimum Gasteiger partial charge on any atom is -0.378 e. The predicted octanol–water partition coefficient (Wildman–Crippen LogP) is 3.21. The molecular formula is C22H22FN5O2. The number of carbonyl (C=O) groups excluding carboxylic acids is 1. The molecule has 2 N–H and O–H groups in total. The number of nitrogens with one attached hydrogen (secondary N) is 2. The van der Waals surface area contributed by atoms with Crippen molar-refractivity contribution in [3.05, 3.63) is 71.7 Å². The molecule has 0 aliphatic carbocycles. The monoisotopic (exact) mass is 407 g/mol. The third-order valence-corrected chi connectivity index (χ3v) is 4.93. The standard InChI is InChI=1S/C22H22FN5O2/c1-15(17-7-8-21(18(23)13-17)28-9-11-30-12-10-28)24-27-22(29)20-14-19(25-26-20)16-5-3-2-4-6-16/h2-8,13-14H,9-12H2,1H3,(H,25,26)(H,27,29)/b24-15-. The van der Waals surface area contributed by atoms with E-state index < -0.39 is 5.91 Å². The number of carbonyl (C=O) groups is 1. The quantitative estimate of drug-likeness (QED) is 0.503. The second kappa shape index (κ2) is 8.87. The van der Waals surface area contributed by atoms with Crippen LogP contribution in [0.2, 0.25) is 0 Å². The Balaban J connectivity index is 1.43. The zero-order valence-electron chi connectivity index (χ0n) is 16.6. The van der Waals surface area contributed by atoms with E-state index in [2.05, 4.69) is 20.7 Å². The molecule has 1 aliphatic rings. The van der Waals surface area contributed by atoms with Gasteiger partial charge in [0.25, 0.3) is 5.91 Å². The van der Waals surface area contributed by atoms with Crippen molar-refractivity contribution in [2.75, 3.05) is 31.2 Å². The number of H-pyrrole nitrogens is 1. The van der Waals surface area contributed by atoms with Crippen molar-refractivity contribution in [1.82, 2.24) is 15.6 Å². The van der Waals surface area contributed by atoms with Gasteiger partial charge in [0.15, 0.2) is 0 Å². The summed E-state index contributed by atoms with van der Waals surface area (Å²) in [6.07, 6.45) is 0. The van der Waals surface area contributed by atoms with Gasteiger partial charge in [-0.2, -0.15) is 10.2 Å². The summed E-state index contributed by atoms with van der Waals surface area (Å²) in [4.78, 5) is 14.3. The zero-order valence-corrected chi connectivity index (χ0v) is 16.6. The average Bonchev–Trinajstić information content (AvgIpc) is 3.29. The maximum atomic E-state index is 14.6. The Bertz CT molecular complexity index is 1060. The van der Waals surface area contributed by atoms with Gasteiger partial charge in [-0.15, -0.1) is 0 Å². The minimum absolute atomic E-state index is 0.291. The molecule has 1 saturated heterocycles. The van der Waals surface area contributed by atoms with Crippen LogP contribution in [-0.2, 0) is 4.74 Å². The number of amides is 1. The largest absolute Gasteiger partial charge is 0.378 e. The van der Waals surface area contributed by atoms with Crippen molar-refractivity contribution in [2.45, 2.75) is 6.92 Å². The van der Waals surface area contributed by atoms with Crippen LogP contribution < -0.4 is 10.3 Å². The predicted molar refractivity (Wildman–Crippen MR) is 113 cm³/mol. The molecule has 0 radical (unpaired) electrons. The molecular weight excluding hydrogens is 385 g/mol. The van der Waals surface area contributed by atoms with Crippen LogP contribution in [0.3, 0.4) is 0 Å². The summed E-state index contributed by atoms with van der Waals surface area (Å²) in [5.74, 6) is -0.745. The maximum Gasteiger partial charge on any atom is 0.289 e. The summed E-state index contributed by atoms with van der Waals surface area (Å²) in [6.45, 7) is 4.22. The van der Waals surface area contributed by atoms with Crippen LogP contribution in [0, 0.1) is 5.82 Å². The number of nitrogens with zero attached hydrogens (tertiary/aromatic N) is 3. The maximum absolute atomic E-state index is 14.6. The highest BCUT2D eigenvalue weighted by atomic mass is 19.1. The first-order valence-corrected chi connectivity index (χ1v) is 9.70. The SMILES string of the molecule is C/C(=N/NC(=O)c1cc(-c2ccccc2)n[nH]1)c1ccc(N2CCOCC2)c(F)c1. The first kappa shape index (κ1) is 19.8. The van der Waals surface area contributed by atoms with Gasteiger partial charge < -0.3 is 9.64 Å². The van der Waals surface area contributed by atoms with E-state index in [0.29, 0.717) is 54.7 Å². The number of hydrogen-bond acceptors (Lipinski definition) is 5. The van der Waals surface area contributed by atoms with Gasteiger partial charge in [0, 0.05) is 24.2 Å². The van der Waals surface area contributed by atoms with E-state index in [1.54, 1.807) is 25.1 Å². The van der Waals surface area contributed by atoms with Crippen molar-refractivity contribution < 1.29 is 13.9 Å². The van der Waals surface area contributed by atoms with Gasteiger partial charge in [-0.25, -0.2) is 9.82 Å². The van der Waals surface area contributed by atoms with Crippen molar-refractivity contribution in [3.63, 3.8) is 0 Å². The van der Waals surface area contributed by atoms with Crippen molar-refractivity contribution in [2.24, 2.45) is 5.10 Å². The number of halogens is 1. The second-order valence-electron chi connectivity index (χ2n) is 6.94. The highest BCUT2D eigenvalue weighted by molar-refractivity contribution is 6.00. The Morgan fingerprint density at radius 2 is 1.93 bits per heavy atom. The Labute approximate surface area is 173 Å². The van der Waals surface area contributed by atoms with E-state index in [4.69, 9.17) is 4.74 Å². The molecule has 30 heavy (non-hydrogen) atoms. The number of rotatable bonds is 5. The molecule has 0 bridgehead atoms. The van der Waals surface area contributed by atoms with E-state index >= 15 is 0 Å². The molecule has 3 aromatic rings. The van der Waals surface area contributed by atoms with E-state index in [1.807, 2.05) is 35.2 Å². The third kappa shape index (κ3) is 4.38. The lowest BCUT2D eigenvalue weighted by molar-refractivity contribution is 0.0950. The number of ether oxygens (including phenoxy) is 1. The van der Waals surface area contributed by atoms with Gasteiger partial charge in [0.1, 0.15) is 11.5 Å². The smallest absolute Gasteiger partial charge is 0.289 e. The number of hydrogen-bond donors (Lipinski definition) is 2. The van der Waals surface area contributed by atoms with Gasteiger partial charge in [-0.05, 0) is 25.1 Å². The van der Waals surface area contributed by atoms with Crippen LogP contribution in [0.25, 0.3) is 11.3 Å². The minimum atomic E-state index is -0.422. The van der Waals surface area contributed by atoms with Crippen LogP contribution in [0.15, 0.2) is 59.7 Å². The lowest BCUT2D eigenvalue weighted by Gasteiger charge is -2.29. The molecule has 2 aromatic carbocycles. The molecule has 7 nitrogen and oxygen atoms in total. The highest BCUT2D eigenvalue weighted by Gasteiger charge is 2.16. The van der Waals surface area contributed by atoms with Gasteiger partial charge in [-0.3, -0.25) is 9.89 Å². The second-order valence-corrected chi connectivity index (χ2v) is 6.94. The lowest BCUT2D eigenvalue weighted by Crippen LogP contribution is -2.36. The Morgan fingerprint density at radius 3 is 2.67 bits per heavy atom. The summed E-state index contributed by atoms with van der Waals surface area (Å²) in [5.41, 5.74) is 5.99. The van der Waals surface area contributed by atoms with Crippen LogP contribution in [0.1, 0.15) is 23.0 Å². The fourth-order valence-electron chi connectivity index (χ4n) is 3.25. The summed E-state index contributed by atoms with van der Waals surface area (Å²) >= 11 is 0. The third-order valence-electron chi connectivity index (χ3n) is 4.93. The zero-order chi connectivity index (χ0) is 20.9.